The van der Waals surface area contributed by atoms with E-state index >= 15 is 0 Å². The van der Waals surface area contributed by atoms with E-state index in [0.717, 1.165) is 18.8 Å². The molecule has 0 radical (unpaired) electrons. The highest BCUT2D eigenvalue weighted by Gasteiger charge is 2.46. The molecule has 1 aromatic rings. The van der Waals surface area contributed by atoms with Crippen LogP contribution in [0, 0.1) is 11.8 Å². The largest absolute Gasteiger partial charge is 0.339 e. The number of carbonyl (C=O) groups excluding carboxylic acids is 2. The molecule has 0 aromatic heterocycles. The maximum absolute atomic E-state index is 12.8. The van der Waals surface area contributed by atoms with E-state index in [-0.39, 0.29) is 11.8 Å². The maximum atomic E-state index is 12.8. The molecule has 4 rings (SSSR count). The molecule has 0 bridgehead atoms. The lowest BCUT2D eigenvalue weighted by atomic mass is 9.86. The SMILES string of the molecule is O=C(CCC1CCCCC1)N1CCN(C(=O)C2CC2c2ccccc2)CC1. The Hall–Kier alpha value is -1.84. The van der Waals surface area contributed by atoms with Gasteiger partial charge in [0.25, 0.3) is 0 Å². The van der Waals surface area contributed by atoms with Crippen molar-refractivity contribution in [3.05, 3.63) is 35.9 Å². The second-order valence-electron chi connectivity index (χ2n) is 8.61. The Morgan fingerprint density at radius 1 is 0.889 bits per heavy atom. The van der Waals surface area contributed by atoms with Crippen LogP contribution in [0.4, 0.5) is 0 Å². The van der Waals surface area contributed by atoms with Crippen LogP contribution >= 0.6 is 0 Å². The molecule has 2 atom stereocenters. The molecule has 27 heavy (non-hydrogen) atoms. The molecule has 146 valence electrons. The van der Waals surface area contributed by atoms with Gasteiger partial charge in [0, 0.05) is 38.5 Å². The standard InChI is InChI=1S/C23H32N2O2/c26-22(12-11-18-7-3-1-4-8-18)24-13-15-25(16-14-24)23(27)21-17-20(21)19-9-5-2-6-10-19/h2,5-6,9-10,18,20-21H,1,3-4,7-8,11-17H2. The van der Waals surface area contributed by atoms with E-state index < -0.39 is 0 Å². The van der Waals surface area contributed by atoms with Crippen molar-refractivity contribution in [2.45, 2.75) is 57.3 Å². The zero-order valence-electron chi connectivity index (χ0n) is 16.3. The highest BCUT2D eigenvalue weighted by atomic mass is 16.2. The maximum Gasteiger partial charge on any atom is 0.226 e. The molecule has 4 nitrogen and oxygen atoms in total. The van der Waals surface area contributed by atoms with E-state index in [4.69, 9.17) is 0 Å². The van der Waals surface area contributed by atoms with E-state index in [1.165, 1.54) is 37.7 Å². The topological polar surface area (TPSA) is 40.6 Å². The van der Waals surface area contributed by atoms with Gasteiger partial charge in [-0.05, 0) is 30.2 Å². The number of hydrogen-bond acceptors (Lipinski definition) is 2. The lowest BCUT2D eigenvalue weighted by Gasteiger charge is -2.35. The smallest absolute Gasteiger partial charge is 0.226 e. The minimum absolute atomic E-state index is 0.154. The first-order valence-electron chi connectivity index (χ1n) is 10.8. The summed E-state index contributed by atoms with van der Waals surface area (Å²) < 4.78 is 0. The summed E-state index contributed by atoms with van der Waals surface area (Å²) in [5.41, 5.74) is 1.28. The molecule has 1 heterocycles. The fourth-order valence-electron chi connectivity index (χ4n) is 4.91. The third-order valence-corrected chi connectivity index (χ3v) is 6.77. The molecule has 3 fully saturated rings. The Morgan fingerprint density at radius 2 is 1.56 bits per heavy atom. The number of nitrogens with zero attached hydrogens (tertiary/aromatic N) is 2. The average Bonchev–Trinajstić information content (AvgIpc) is 3.54. The molecule has 2 saturated carbocycles. The first kappa shape index (κ1) is 18.5. The van der Waals surface area contributed by atoms with Gasteiger partial charge in [-0.25, -0.2) is 0 Å². The fraction of sp³-hybridized carbons (Fsp3) is 0.652. The zero-order chi connectivity index (χ0) is 18.6. The van der Waals surface area contributed by atoms with Crippen LogP contribution in [-0.4, -0.2) is 47.8 Å². The molecule has 1 aliphatic heterocycles. The van der Waals surface area contributed by atoms with Crippen LogP contribution in [0.3, 0.4) is 0 Å². The molecule has 1 aromatic carbocycles. The van der Waals surface area contributed by atoms with Crippen LogP contribution in [0.15, 0.2) is 30.3 Å². The van der Waals surface area contributed by atoms with Crippen molar-refractivity contribution in [2.24, 2.45) is 11.8 Å². The Kier molecular flexibility index (Phi) is 5.80. The molecule has 0 N–H and O–H groups in total. The molecular formula is C23H32N2O2. The average molecular weight is 369 g/mol. The van der Waals surface area contributed by atoms with Gasteiger partial charge >= 0.3 is 0 Å². The molecule has 2 amide bonds. The van der Waals surface area contributed by atoms with Crippen LogP contribution in [0.5, 0.6) is 0 Å². The third kappa shape index (κ3) is 4.53. The van der Waals surface area contributed by atoms with Gasteiger partial charge in [-0.1, -0.05) is 62.4 Å². The minimum atomic E-state index is 0.154. The number of carbonyl (C=O) groups is 2. The van der Waals surface area contributed by atoms with Crippen molar-refractivity contribution in [3.8, 4) is 0 Å². The highest BCUT2D eigenvalue weighted by Crippen LogP contribution is 2.48. The minimum Gasteiger partial charge on any atom is -0.339 e. The van der Waals surface area contributed by atoms with Crippen molar-refractivity contribution in [3.63, 3.8) is 0 Å². The lowest BCUT2D eigenvalue weighted by Crippen LogP contribution is -2.51. The van der Waals surface area contributed by atoms with Crippen LogP contribution in [0.1, 0.15) is 62.8 Å². The van der Waals surface area contributed by atoms with Gasteiger partial charge in [0.1, 0.15) is 0 Å². The monoisotopic (exact) mass is 368 g/mol. The van der Waals surface area contributed by atoms with Gasteiger partial charge in [-0.15, -0.1) is 0 Å². The van der Waals surface area contributed by atoms with Crippen molar-refractivity contribution in [1.82, 2.24) is 9.80 Å². The zero-order valence-corrected chi connectivity index (χ0v) is 16.3. The Balaban J connectivity index is 1.20. The highest BCUT2D eigenvalue weighted by molar-refractivity contribution is 5.83. The van der Waals surface area contributed by atoms with Crippen molar-refractivity contribution in [1.29, 1.82) is 0 Å². The number of rotatable bonds is 5. The van der Waals surface area contributed by atoms with Crippen molar-refractivity contribution < 1.29 is 9.59 Å². The number of hydrogen-bond donors (Lipinski definition) is 0. The lowest BCUT2D eigenvalue weighted by molar-refractivity contribution is -0.140. The van der Waals surface area contributed by atoms with E-state index in [1.54, 1.807) is 0 Å². The molecule has 4 heteroatoms. The summed E-state index contributed by atoms with van der Waals surface area (Å²) in [5, 5.41) is 0. The Morgan fingerprint density at radius 3 is 2.26 bits per heavy atom. The van der Waals surface area contributed by atoms with Crippen LogP contribution < -0.4 is 0 Å². The molecule has 2 aliphatic carbocycles. The molecular weight excluding hydrogens is 336 g/mol. The van der Waals surface area contributed by atoms with E-state index in [2.05, 4.69) is 12.1 Å². The van der Waals surface area contributed by atoms with Crippen molar-refractivity contribution in [2.75, 3.05) is 26.2 Å². The van der Waals surface area contributed by atoms with Crippen LogP contribution in [0.25, 0.3) is 0 Å². The molecule has 1 saturated heterocycles. The third-order valence-electron chi connectivity index (χ3n) is 6.77. The molecule has 2 unspecified atom stereocenters. The van der Waals surface area contributed by atoms with Gasteiger partial charge in [-0.3, -0.25) is 9.59 Å². The quantitative estimate of drug-likeness (QED) is 0.793. The summed E-state index contributed by atoms with van der Waals surface area (Å²) in [6, 6.07) is 10.4. The Labute approximate surface area is 162 Å². The van der Waals surface area contributed by atoms with E-state index in [0.29, 0.717) is 44.4 Å². The first-order valence-corrected chi connectivity index (χ1v) is 10.8. The second kappa shape index (κ2) is 8.45. The summed E-state index contributed by atoms with van der Waals surface area (Å²) in [4.78, 5) is 29.3. The van der Waals surface area contributed by atoms with Gasteiger partial charge in [0.15, 0.2) is 0 Å². The van der Waals surface area contributed by atoms with Gasteiger partial charge in [0.05, 0.1) is 0 Å². The first-order chi connectivity index (χ1) is 13.2. The summed E-state index contributed by atoms with van der Waals surface area (Å²) in [5.74, 6) is 1.89. The van der Waals surface area contributed by atoms with Gasteiger partial charge < -0.3 is 9.80 Å². The summed E-state index contributed by atoms with van der Waals surface area (Å²) in [6.07, 6.45) is 9.38. The fourth-order valence-corrected chi connectivity index (χ4v) is 4.91. The van der Waals surface area contributed by atoms with Gasteiger partial charge in [-0.2, -0.15) is 0 Å². The molecule has 3 aliphatic rings. The summed E-state index contributed by atoms with van der Waals surface area (Å²) in [6.45, 7) is 2.81. The normalized spacial score (nSPS) is 26.1. The summed E-state index contributed by atoms with van der Waals surface area (Å²) >= 11 is 0. The number of piperazine rings is 1. The Bertz CT molecular complexity index is 646. The van der Waals surface area contributed by atoms with Crippen molar-refractivity contribution >= 4 is 11.8 Å². The summed E-state index contributed by atoms with van der Waals surface area (Å²) in [7, 11) is 0. The predicted molar refractivity (Wildman–Crippen MR) is 106 cm³/mol. The predicted octanol–water partition coefficient (Wildman–Crippen LogP) is 3.82. The van der Waals surface area contributed by atoms with E-state index in [9.17, 15) is 9.59 Å². The second-order valence-corrected chi connectivity index (χ2v) is 8.61. The number of benzene rings is 1. The van der Waals surface area contributed by atoms with E-state index in [1.807, 2.05) is 28.0 Å². The van der Waals surface area contributed by atoms with Crippen LogP contribution in [-0.2, 0) is 9.59 Å². The number of amides is 2. The van der Waals surface area contributed by atoms with Crippen LogP contribution in [0.2, 0.25) is 0 Å². The van der Waals surface area contributed by atoms with Gasteiger partial charge in [0.2, 0.25) is 11.8 Å². The molecule has 0 spiro atoms.